The van der Waals surface area contributed by atoms with Gasteiger partial charge >= 0.3 is 5.97 Å². The topological polar surface area (TPSA) is 35.5 Å². The fourth-order valence-electron chi connectivity index (χ4n) is 1.37. The van der Waals surface area contributed by atoms with Crippen molar-refractivity contribution in [1.82, 2.24) is 0 Å². The molecule has 3 nitrogen and oxygen atoms in total. The van der Waals surface area contributed by atoms with E-state index in [1.807, 2.05) is 0 Å². The van der Waals surface area contributed by atoms with Crippen molar-refractivity contribution in [3.63, 3.8) is 0 Å². The summed E-state index contributed by atoms with van der Waals surface area (Å²) in [4.78, 5) is 10.9. The molecule has 0 aliphatic rings. The number of esters is 1. The lowest BCUT2D eigenvalue weighted by molar-refractivity contribution is -0.147. The molecule has 0 aromatic heterocycles. The highest BCUT2D eigenvalue weighted by atomic mass is 79.9. The van der Waals surface area contributed by atoms with Gasteiger partial charge in [0, 0.05) is 11.8 Å². The molecule has 0 spiro atoms. The lowest BCUT2D eigenvalue weighted by Gasteiger charge is -1.99. The van der Waals surface area contributed by atoms with Crippen LogP contribution in [0.1, 0.15) is 45.4 Å². The summed E-state index contributed by atoms with van der Waals surface area (Å²) in [5.74, 6) is 5.62. The monoisotopic (exact) mass is 318 g/mol. The number of hydrogen-bond donors (Lipinski definition) is 0. The average molecular weight is 319 g/mol. The van der Waals surface area contributed by atoms with Gasteiger partial charge in [-0.15, -0.1) is 5.92 Å². The number of carbonyl (C=O) groups is 1. The van der Waals surface area contributed by atoms with Crippen LogP contribution in [-0.2, 0) is 14.3 Å². The highest BCUT2D eigenvalue weighted by Gasteiger charge is 1.98. The van der Waals surface area contributed by atoms with Crippen molar-refractivity contribution in [2.24, 2.45) is 0 Å². The molecule has 18 heavy (non-hydrogen) atoms. The third kappa shape index (κ3) is 13.5. The number of rotatable bonds is 10. The number of alkyl halides is 1. The SMILES string of the molecule is CCOC(=O)COCC#CCCCCCCCBr. The van der Waals surface area contributed by atoms with Crippen LogP contribution in [0.2, 0.25) is 0 Å². The summed E-state index contributed by atoms with van der Waals surface area (Å²) < 4.78 is 9.77. The standard InChI is InChI=1S/C14H23BrO3/c1-2-18-14(16)13-17-12-10-8-6-4-3-5-7-9-11-15/h2-7,9,11-13H2,1H3. The van der Waals surface area contributed by atoms with Crippen LogP contribution < -0.4 is 0 Å². The molecule has 0 aromatic rings. The number of hydrogen-bond acceptors (Lipinski definition) is 3. The molecule has 0 aliphatic carbocycles. The van der Waals surface area contributed by atoms with Crippen LogP contribution in [0.15, 0.2) is 0 Å². The molecule has 104 valence electrons. The van der Waals surface area contributed by atoms with Gasteiger partial charge in [-0.3, -0.25) is 0 Å². The van der Waals surface area contributed by atoms with Gasteiger partial charge in [0.25, 0.3) is 0 Å². The lowest BCUT2D eigenvalue weighted by atomic mass is 10.1. The molecule has 0 amide bonds. The molecule has 0 bridgehead atoms. The average Bonchev–Trinajstić information content (AvgIpc) is 2.36. The maximum atomic E-state index is 10.9. The highest BCUT2D eigenvalue weighted by Crippen LogP contribution is 2.05. The molecule has 0 unspecified atom stereocenters. The molecule has 0 radical (unpaired) electrons. The summed E-state index contributed by atoms with van der Waals surface area (Å²) in [5, 5.41) is 1.10. The normalized spacial score (nSPS) is 9.67. The van der Waals surface area contributed by atoms with Crippen LogP contribution >= 0.6 is 15.9 Å². The Morgan fingerprint density at radius 3 is 2.56 bits per heavy atom. The van der Waals surface area contributed by atoms with E-state index in [1.165, 1.54) is 25.7 Å². The Morgan fingerprint density at radius 2 is 1.83 bits per heavy atom. The molecule has 0 saturated carbocycles. The number of carbonyl (C=O) groups excluding carboxylic acids is 1. The molecule has 0 fully saturated rings. The maximum Gasteiger partial charge on any atom is 0.332 e. The molecule has 0 aliphatic heterocycles. The van der Waals surface area contributed by atoms with E-state index in [1.54, 1.807) is 6.92 Å². The molecule has 0 aromatic carbocycles. The van der Waals surface area contributed by atoms with E-state index in [0.29, 0.717) is 13.2 Å². The smallest absolute Gasteiger partial charge is 0.332 e. The van der Waals surface area contributed by atoms with E-state index >= 15 is 0 Å². The van der Waals surface area contributed by atoms with E-state index in [-0.39, 0.29) is 12.6 Å². The Balaban J connectivity index is 3.21. The van der Waals surface area contributed by atoms with E-state index in [2.05, 4.69) is 27.8 Å². The van der Waals surface area contributed by atoms with Crippen LogP contribution in [0.25, 0.3) is 0 Å². The van der Waals surface area contributed by atoms with E-state index < -0.39 is 0 Å². The quantitative estimate of drug-likeness (QED) is 0.268. The molecule has 0 N–H and O–H groups in total. The molecule has 0 atom stereocenters. The second-order valence-corrected chi connectivity index (χ2v) is 4.65. The van der Waals surface area contributed by atoms with Gasteiger partial charge in [-0.1, -0.05) is 41.1 Å². The summed E-state index contributed by atoms with van der Waals surface area (Å²) in [6.45, 7) is 2.47. The molecule has 0 rings (SSSR count). The van der Waals surface area contributed by atoms with Crippen molar-refractivity contribution in [2.75, 3.05) is 25.2 Å². The number of unbranched alkanes of at least 4 members (excludes halogenated alkanes) is 5. The summed E-state index contributed by atoms with van der Waals surface area (Å²) in [6.07, 6.45) is 7.14. The third-order valence-electron chi connectivity index (χ3n) is 2.26. The largest absolute Gasteiger partial charge is 0.464 e. The number of ether oxygens (including phenoxy) is 2. The van der Waals surface area contributed by atoms with Crippen molar-refractivity contribution in [2.45, 2.75) is 45.4 Å². The predicted molar refractivity (Wildman–Crippen MR) is 76.7 cm³/mol. The second kappa shape index (κ2) is 14.5. The third-order valence-corrected chi connectivity index (χ3v) is 2.82. The summed E-state index contributed by atoms with van der Waals surface area (Å²) in [5.41, 5.74) is 0. The van der Waals surface area contributed by atoms with Crippen molar-refractivity contribution in [3.05, 3.63) is 0 Å². The Labute approximate surface area is 119 Å². The fraction of sp³-hybridized carbons (Fsp3) is 0.786. The van der Waals surface area contributed by atoms with E-state index in [4.69, 9.17) is 9.47 Å². The van der Waals surface area contributed by atoms with Crippen molar-refractivity contribution < 1.29 is 14.3 Å². The van der Waals surface area contributed by atoms with Crippen molar-refractivity contribution in [3.8, 4) is 11.8 Å². The first-order chi connectivity index (χ1) is 8.81. The van der Waals surface area contributed by atoms with Crippen LogP contribution in [0, 0.1) is 11.8 Å². The minimum absolute atomic E-state index is 0.00490. The zero-order chi connectivity index (χ0) is 13.5. The second-order valence-electron chi connectivity index (χ2n) is 3.86. The maximum absolute atomic E-state index is 10.9. The van der Waals surface area contributed by atoms with Crippen molar-refractivity contribution in [1.29, 1.82) is 0 Å². The summed E-state index contributed by atoms with van der Waals surface area (Å²) in [7, 11) is 0. The molecule has 0 saturated heterocycles. The molecule has 4 heteroatoms. The van der Waals surface area contributed by atoms with Gasteiger partial charge in [-0.2, -0.15) is 0 Å². The van der Waals surface area contributed by atoms with Gasteiger partial charge in [-0.05, 0) is 19.8 Å². The van der Waals surface area contributed by atoms with Crippen LogP contribution in [0.3, 0.4) is 0 Å². The predicted octanol–water partition coefficient (Wildman–Crippen LogP) is 3.31. The fourth-order valence-corrected chi connectivity index (χ4v) is 1.76. The minimum Gasteiger partial charge on any atom is -0.464 e. The first-order valence-corrected chi connectivity index (χ1v) is 7.68. The minimum atomic E-state index is -0.328. The number of halogens is 1. The molecular weight excluding hydrogens is 296 g/mol. The Morgan fingerprint density at radius 1 is 1.11 bits per heavy atom. The van der Waals surface area contributed by atoms with E-state index in [9.17, 15) is 4.79 Å². The van der Waals surface area contributed by atoms with E-state index in [0.717, 1.165) is 18.2 Å². The Kier molecular flexibility index (Phi) is 14.1. The zero-order valence-electron chi connectivity index (χ0n) is 11.2. The van der Waals surface area contributed by atoms with Gasteiger partial charge in [0.1, 0.15) is 13.2 Å². The highest BCUT2D eigenvalue weighted by molar-refractivity contribution is 9.09. The lowest BCUT2D eigenvalue weighted by Crippen LogP contribution is -2.12. The van der Waals surface area contributed by atoms with Crippen LogP contribution in [0.4, 0.5) is 0 Å². The molecular formula is C14H23BrO3. The van der Waals surface area contributed by atoms with Gasteiger partial charge in [0.05, 0.1) is 6.61 Å². The Bertz CT molecular complexity index is 256. The van der Waals surface area contributed by atoms with Crippen molar-refractivity contribution >= 4 is 21.9 Å². The van der Waals surface area contributed by atoms with Gasteiger partial charge < -0.3 is 9.47 Å². The summed E-state index contributed by atoms with van der Waals surface area (Å²) >= 11 is 3.42. The van der Waals surface area contributed by atoms with Gasteiger partial charge in [-0.25, -0.2) is 4.79 Å². The first-order valence-electron chi connectivity index (χ1n) is 6.56. The van der Waals surface area contributed by atoms with Crippen LogP contribution in [-0.4, -0.2) is 31.1 Å². The first kappa shape index (κ1) is 17.5. The van der Waals surface area contributed by atoms with Gasteiger partial charge in [0.2, 0.25) is 0 Å². The summed E-state index contributed by atoms with van der Waals surface area (Å²) in [6, 6.07) is 0. The van der Waals surface area contributed by atoms with Gasteiger partial charge in [0.15, 0.2) is 0 Å². The Hall–Kier alpha value is -0.530. The molecule has 0 heterocycles. The van der Waals surface area contributed by atoms with Crippen LogP contribution in [0.5, 0.6) is 0 Å². The zero-order valence-corrected chi connectivity index (χ0v) is 12.8.